The molecule has 1 aliphatic rings. The number of hydrogen-bond acceptors (Lipinski definition) is 4. The summed E-state index contributed by atoms with van der Waals surface area (Å²) < 4.78 is 11.5. The van der Waals surface area contributed by atoms with Crippen LogP contribution < -0.4 is 10.1 Å². The maximum atomic E-state index is 6.02. The predicted octanol–water partition coefficient (Wildman–Crippen LogP) is 2.95. The lowest BCUT2D eigenvalue weighted by Gasteiger charge is -2.28. The van der Waals surface area contributed by atoms with Gasteiger partial charge in [-0.3, -0.25) is 4.98 Å². The summed E-state index contributed by atoms with van der Waals surface area (Å²) in [5.74, 6) is 1.49. The molecule has 1 saturated carbocycles. The van der Waals surface area contributed by atoms with E-state index < -0.39 is 0 Å². The molecular weight excluding hydrogens is 252 g/mol. The molecule has 2 unspecified atom stereocenters. The second kappa shape index (κ2) is 7.60. The molecule has 0 aliphatic heterocycles. The van der Waals surface area contributed by atoms with Crippen molar-refractivity contribution >= 4 is 0 Å². The number of rotatable bonds is 9. The third-order valence-electron chi connectivity index (χ3n) is 3.70. The number of hydrogen-bond donors (Lipinski definition) is 1. The first-order valence-electron chi connectivity index (χ1n) is 7.65. The molecule has 1 aromatic rings. The fraction of sp³-hybridized carbons (Fsp3) is 0.688. The van der Waals surface area contributed by atoms with E-state index in [2.05, 4.69) is 24.1 Å². The third kappa shape index (κ3) is 3.70. The Balaban J connectivity index is 2.24. The molecule has 0 bridgehead atoms. The third-order valence-corrected chi connectivity index (χ3v) is 3.70. The smallest absolute Gasteiger partial charge is 0.142 e. The number of nitrogens with zero attached hydrogens (tertiary/aromatic N) is 1. The van der Waals surface area contributed by atoms with Gasteiger partial charge in [-0.15, -0.1) is 0 Å². The van der Waals surface area contributed by atoms with Crippen LogP contribution in [0.3, 0.4) is 0 Å². The van der Waals surface area contributed by atoms with Crippen molar-refractivity contribution in [2.45, 2.75) is 45.3 Å². The molecule has 4 nitrogen and oxygen atoms in total. The molecule has 1 N–H and O–H groups in total. The quantitative estimate of drug-likeness (QED) is 0.754. The first-order chi connectivity index (χ1) is 9.81. The van der Waals surface area contributed by atoms with Crippen LogP contribution in [0.1, 0.15) is 44.8 Å². The lowest BCUT2D eigenvalue weighted by Crippen LogP contribution is -2.36. The van der Waals surface area contributed by atoms with Crippen LogP contribution in [0.2, 0.25) is 0 Å². The largest absolute Gasteiger partial charge is 0.495 e. The topological polar surface area (TPSA) is 43.4 Å². The summed E-state index contributed by atoms with van der Waals surface area (Å²) in [5, 5.41) is 3.60. The molecule has 112 valence electrons. The lowest BCUT2D eigenvalue weighted by molar-refractivity contribution is 0.0169. The summed E-state index contributed by atoms with van der Waals surface area (Å²) in [5.41, 5.74) is 0.966. The molecule has 0 aromatic carbocycles. The van der Waals surface area contributed by atoms with Gasteiger partial charge in [-0.2, -0.15) is 0 Å². The van der Waals surface area contributed by atoms with Gasteiger partial charge in [0.2, 0.25) is 0 Å². The molecule has 4 heteroatoms. The van der Waals surface area contributed by atoms with Crippen LogP contribution in [0, 0.1) is 5.92 Å². The van der Waals surface area contributed by atoms with E-state index in [1.54, 1.807) is 7.11 Å². The monoisotopic (exact) mass is 278 g/mol. The zero-order valence-electron chi connectivity index (χ0n) is 12.8. The SMILES string of the molecule is CCCNC(c1ncccc1OC)C(OCC)C1CC1. The Hall–Kier alpha value is -1.13. The summed E-state index contributed by atoms with van der Waals surface area (Å²) in [4.78, 5) is 4.55. The van der Waals surface area contributed by atoms with Gasteiger partial charge in [0.25, 0.3) is 0 Å². The van der Waals surface area contributed by atoms with Gasteiger partial charge in [-0.05, 0) is 50.8 Å². The standard InChI is InChI=1S/C16H26N2O2/c1-4-10-17-15(16(20-5-2)12-8-9-12)14-13(19-3)7-6-11-18-14/h6-7,11-12,15-17H,4-5,8-10H2,1-3H3. The van der Waals surface area contributed by atoms with Crippen molar-refractivity contribution in [3.63, 3.8) is 0 Å². The molecule has 1 aromatic heterocycles. The highest BCUT2D eigenvalue weighted by Gasteiger charge is 2.39. The highest BCUT2D eigenvalue weighted by atomic mass is 16.5. The Bertz CT molecular complexity index is 407. The molecular formula is C16H26N2O2. The second-order valence-corrected chi connectivity index (χ2v) is 5.28. The van der Waals surface area contributed by atoms with Crippen LogP contribution in [0.25, 0.3) is 0 Å². The normalized spacial score (nSPS) is 17.8. The van der Waals surface area contributed by atoms with Crippen molar-refractivity contribution in [1.82, 2.24) is 10.3 Å². The maximum Gasteiger partial charge on any atom is 0.142 e. The van der Waals surface area contributed by atoms with Gasteiger partial charge >= 0.3 is 0 Å². The van der Waals surface area contributed by atoms with E-state index in [4.69, 9.17) is 9.47 Å². The molecule has 0 amide bonds. The molecule has 2 rings (SSSR count). The highest BCUT2D eigenvalue weighted by Crippen LogP contribution is 2.41. The molecule has 20 heavy (non-hydrogen) atoms. The number of pyridine rings is 1. The molecule has 0 spiro atoms. The van der Waals surface area contributed by atoms with E-state index >= 15 is 0 Å². The van der Waals surface area contributed by atoms with Crippen molar-refractivity contribution < 1.29 is 9.47 Å². The molecule has 0 saturated heterocycles. The van der Waals surface area contributed by atoms with E-state index in [0.29, 0.717) is 5.92 Å². The van der Waals surface area contributed by atoms with Gasteiger partial charge in [0.05, 0.1) is 19.3 Å². The van der Waals surface area contributed by atoms with E-state index in [0.717, 1.165) is 31.0 Å². The first-order valence-corrected chi connectivity index (χ1v) is 7.65. The molecule has 2 atom stereocenters. The first kappa shape index (κ1) is 15.3. The Morgan fingerprint density at radius 3 is 2.80 bits per heavy atom. The van der Waals surface area contributed by atoms with E-state index in [1.807, 2.05) is 18.3 Å². The summed E-state index contributed by atoms with van der Waals surface area (Å²) in [7, 11) is 1.70. The average Bonchev–Trinajstić information content (AvgIpc) is 3.31. The van der Waals surface area contributed by atoms with Crippen molar-refractivity contribution in [2.24, 2.45) is 5.92 Å². The summed E-state index contributed by atoms with van der Waals surface area (Å²) in [6.45, 7) is 5.93. The van der Waals surface area contributed by atoms with Crippen LogP contribution in [0.4, 0.5) is 0 Å². The van der Waals surface area contributed by atoms with Crippen LogP contribution in [-0.4, -0.2) is 31.3 Å². The minimum absolute atomic E-state index is 0.110. The number of aromatic nitrogens is 1. The van der Waals surface area contributed by atoms with Crippen molar-refractivity contribution in [3.8, 4) is 5.75 Å². The summed E-state index contributed by atoms with van der Waals surface area (Å²) in [6.07, 6.45) is 5.62. The van der Waals surface area contributed by atoms with Crippen LogP contribution in [0.5, 0.6) is 5.75 Å². The summed E-state index contributed by atoms with van der Waals surface area (Å²) >= 11 is 0. The van der Waals surface area contributed by atoms with Crippen molar-refractivity contribution in [3.05, 3.63) is 24.0 Å². The van der Waals surface area contributed by atoms with Crippen LogP contribution in [0.15, 0.2) is 18.3 Å². The van der Waals surface area contributed by atoms with Crippen LogP contribution in [-0.2, 0) is 4.74 Å². The number of ether oxygens (including phenoxy) is 2. The molecule has 1 fully saturated rings. The van der Waals surface area contributed by atoms with Gasteiger partial charge in [-0.25, -0.2) is 0 Å². The Morgan fingerprint density at radius 2 is 2.20 bits per heavy atom. The van der Waals surface area contributed by atoms with Crippen molar-refractivity contribution in [1.29, 1.82) is 0 Å². The van der Waals surface area contributed by atoms with Gasteiger partial charge < -0.3 is 14.8 Å². The van der Waals surface area contributed by atoms with Gasteiger partial charge in [0.15, 0.2) is 0 Å². The number of methoxy groups -OCH3 is 1. The maximum absolute atomic E-state index is 6.02. The average molecular weight is 278 g/mol. The van der Waals surface area contributed by atoms with Crippen LogP contribution >= 0.6 is 0 Å². The van der Waals surface area contributed by atoms with E-state index in [1.165, 1.54) is 12.8 Å². The predicted molar refractivity (Wildman–Crippen MR) is 80.0 cm³/mol. The van der Waals surface area contributed by atoms with Gasteiger partial charge in [0.1, 0.15) is 11.4 Å². The zero-order valence-corrected chi connectivity index (χ0v) is 12.8. The Kier molecular flexibility index (Phi) is 5.80. The second-order valence-electron chi connectivity index (χ2n) is 5.28. The molecule has 1 heterocycles. The zero-order chi connectivity index (χ0) is 14.4. The minimum Gasteiger partial charge on any atom is -0.495 e. The minimum atomic E-state index is 0.110. The van der Waals surface area contributed by atoms with Gasteiger partial charge in [0, 0.05) is 12.8 Å². The summed E-state index contributed by atoms with van der Waals surface area (Å²) in [6, 6.07) is 3.99. The number of nitrogens with one attached hydrogen (secondary N) is 1. The molecule has 1 aliphatic carbocycles. The van der Waals surface area contributed by atoms with E-state index in [9.17, 15) is 0 Å². The van der Waals surface area contributed by atoms with Gasteiger partial charge in [-0.1, -0.05) is 6.92 Å². The fourth-order valence-electron chi connectivity index (χ4n) is 2.60. The Morgan fingerprint density at radius 1 is 1.40 bits per heavy atom. The Labute approximate surface area is 121 Å². The molecule has 0 radical (unpaired) electrons. The highest BCUT2D eigenvalue weighted by molar-refractivity contribution is 5.30. The fourth-order valence-corrected chi connectivity index (χ4v) is 2.60. The van der Waals surface area contributed by atoms with E-state index in [-0.39, 0.29) is 12.1 Å². The lowest BCUT2D eigenvalue weighted by atomic mass is 10.0. The van der Waals surface area contributed by atoms with Crippen molar-refractivity contribution in [2.75, 3.05) is 20.3 Å².